The van der Waals surface area contributed by atoms with Crippen LogP contribution in [0, 0.1) is 16.0 Å². The zero-order chi connectivity index (χ0) is 17.5. The van der Waals surface area contributed by atoms with E-state index in [2.05, 4.69) is 10.2 Å². The summed E-state index contributed by atoms with van der Waals surface area (Å²) in [5, 5.41) is 13.8. The SMILES string of the molecule is COCCN1CCC(CNC(=O)c2ccc(Cl)c([N+](=O)[O-])c2)CC1. The lowest BCUT2D eigenvalue weighted by Gasteiger charge is -2.31. The zero-order valence-corrected chi connectivity index (χ0v) is 14.4. The molecule has 0 saturated carbocycles. The number of piperidine rings is 1. The highest BCUT2D eigenvalue weighted by atomic mass is 35.5. The number of nitro benzene ring substituents is 1. The van der Waals surface area contributed by atoms with Gasteiger partial charge >= 0.3 is 0 Å². The Morgan fingerprint density at radius 1 is 1.46 bits per heavy atom. The fourth-order valence-electron chi connectivity index (χ4n) is 2.77. The van der Waals surface area contributed by atoms with Crippen molar-refractivity contribution in [1.29, 1.82) is 0 Å². The molecule has 0 radical (unpaired) electrons. The van der Waals surface area contributed by atoms with Gasteiger partial charge in [0.15, 0.2) is 0 Å². The second-order valence-electron chi connectivity index (χ2n) is 5.91. The number of nitrogens with one attached hydrogen (secondary N) is 1. The van der Waals surface area contributed by atoms with Gasteiger partial charge in [-0.05, 0) is 44.0 Å². The van der Waals surface area contributed by atoms with Crippen molar-refractivity contribution < 1.29 is 14.5 Å². The molecule has 1 aromatic carbocycles. The minimum atomic E-state index is -0.588. The van der Waals surface area contributed by atoms with E-state index in [4.69, 9.17) is 16.3 Å². The fraction of sp³-hybridized carbons (Fsp3) is 0.562. The molecule has 1 fully saturated rings. The topological polar surface area (TPSA) is 84.7 Å². The third-order valence-corrected chi connectivity index (χ3v) is 4.59. The van der Waals surface area contributed by atoms with E-state index >= 15 is 0 Å². The summed E-state index contributed by atoms with van der Waals surface area (Å²) in [5.74, 6) is 0.117. The standard InChI is InChI=1S/C16H22ClN3O4/c1-24-9-8-19-6-4-12(5-7-19)11-18-16(21)13-2-3-14(17)15(10-13)20(22)23/h2-3,10,12H,4-9,11H2,1H3,(H,18,21). The molecule has 1 aliphatic heterocycles. The van der Waals surface area contributed by atoms with Gasteiger partial charge in [-0.1, -0.05) is 11.6 Å². The van der Waals surface area contributed by atoms with Gasteiger partial charge in [-0.25, -0.2) is 0 Å². The number of rotatable bonds is 7. The lowest BCUT2D eigenvalue weighted by Crippen LogP contribution is -2.39. The minimum absolute atomic E-state index is 0.0278. The Kier molecular flexibility index (Phi) is 6.96. The maximum atomic E-state index is 12.2. The molecule has 7 nitrogen and oxygen atoms in total. The molecule has 0 unspecified atom stereocenters. The van der Waals surface area contributed by atoms with Crippen LogP contribution in [0.2, 0.25) is 5.02 Å². The van der Waals surface area contributed by atoms with E-state index in [0.29, 0.717) is 12.5 Å². The number of ether oxygens (including phenoxy) is 1. The van der Waals surface area contributed by atoms with E-state index in [1.165, 1.54) is 18.2 Å². The first-order valence-corrected chi connectivity index (χ1v) is 8.32. The molecular weight excluding hydrogens is 334 g/mol. The van der Waals surface area contributed by atoms with Crippen molar-refractivity contribution >= 4 is 23.2 Å². The summed E-state index contributed by atoms with van der Waals surface area (Å²) >= 11 is 5.76. The molecule has 1 aromatic rings. The Balaban J connectivity index is 1.82. The summed E-state index contributed by atoms with van der Waals surface area (Å²) in [5.41, 5.74) is -0.000557. The molecule has 0 spiro atoms. The lowest BCUT2D eigenvalue weighted by molar-refractivity contribution is -0.384. The Morgan fingerprint density at radius 3 is 2.79 bits per heavy atom. The van der Waals surface area contributed by atoms with Crippen LogP contribution in [0.1, 0.15) is 23.2 Å². The van der Waals surface area contributed by atoms with Crippen molar-refractivity contribution in [3.05, 3.63) is 38.9 Å². The van der Waals surface area contributed by atoms with Crippen LogP contribution in [-0.2, 0) is 4.74 Å². The molecule has 132 valence electrons. The van der Waals surface area contributed by atoms with Crippen LogP contribution in [0.5, 0.6) is 0 Å². The van der Waals surface area contributed by atoms with Gasteiger partial charge in [-0.2, -0.15) is 0 Å². The highest BCUT2D eigenvalue weighted by Crippen LogP contribution is 2.25. The van der Waals surface area contributed by atoms with Gasteiger partial charge in [0.1, 0.15) is 5.02 Å². The number of carbonyl (C=O) groups excluding carboxylic acids is 1. The van der Waals surface area contributed by atoms with E-state index in [1.807, 2.05) is 0 Å². The Bertz CT molecular complexity index is 589. The van der Waals surface area contributed by atoms with E-state index in [9.17, 15) is 14.9 Å². The maximum Gasteiger partial charge on any atom is 0.288 e. The van der Waals surface area contributed by atoms with Gasteiger partial charge in [0.25, 0.3) is 11.6 Å². The first-order valence-electron chi connectivity index (χ1n) is 7.94. The van der Waals surface area contributed by atoms with E-state index in [1.54, 1.807) is 7.11 Å². The van der Waals surface area contributed by atoms with E-state index in [-0.39, 0.29) is 22.2 Å². The average molecular weight is 356 g/mol. The molecule has 0 aromatic heterocycles. The number of carbonyl (C=O) groups is 1. The summed E-state index contributed by atoms with van der Waals surface area (Å²) in [6.45, 7) is 4.24. The van der Waals surface area contributed by atoms with Gasteiger partial charge in [0.2, 0.25) is 0 Å². The monoisotopic (exact) mass is 355 g/mol. The van der Waals surface area contributed by atoms with Crippen LogP contribution in [-0.4, -0.2) is 55.6 Å². The third kappa shape index (κ3) is 5.15. The fourth-order valence-corrected chi connectivity index (χ4v) is 2.95. The number of likely N-dealkylation sites (tertiary alicyclic amines) is 1. The molecule has 1 amide bonds. The number of methoxy groups -OCH3 is 1. The Hall–Kier alpha value is -1.70. The number of hydrogen-bond acceptors (Lipinski definition) is 5. The lowest BCUT2D eigenvalue weighted by atomic mass is 9.96. The Morgan fingerprint density at radius 2 is 2.17 bits per heavy atom. The molecule has 8 heteroatoms. The van der Waals surface area contributed by atoms with E-state index < -0.39 is 4.92 Å². The van der Waals surface area contributed by atoms with Crippen molar-refractivity contribution in [2.45, 2.75) is 12.8 Å². The largest absolute Gasteiger partial charge is 0.383 e. The average Bonchev–Trinajstić information content (AvgIpc) is 2.59. The first-order chi connectivity index (χ1) is 11.5. The molecule has 0 atom stereocenters. The number of nitro groups is 1. The highest BCUT2D eigenvalue weighted by molar-refractivity contribution is 6.32. The second-order valence-corrected chi connectivity index (χ2v) is 6.32. The molecule has 1 aliphatic rings. The molecule has 1 saturated heterocycles. The van der Waals surface area contributed by atoms with Crippen molar-refractivity contribution in [2.75, 3.05) is 39.9 Å². The van der Waals surface area contributed by atoms with Crippen LogP contribution in [0.3, 0.4) is 0 Å². The van der Waals surface area contributed by atoms with Gasteiger partial charge in [-0.15, -0.1) is 0 Å². The van der Waals surface area contributed by atoms with Gasteiger partial charge < -0.3 is 15.0 Å². The van der Waals surface area contributed by atoms with Gasteiger partial charge in [0, 0.05) is 31.8 Å². The molecule has 2 rings (SSSR count). The quantitative estimate of drug-likeness (QED) is 0.599. The molecule has 0 bridgehead atoms. The number of halogens is 1. The molecule has 0 aliphatic carbocycles. The van der Waals surface area contributed by atoms with Crippen LogP contribution >= 0.6 is 11.6 Å². The highest BCUT2D eigenvalue weighted by Gasteiger charge is 2.20. The van der Waals surface area contributed by atoms with Crippen LogP contribution in [0.4, 0.5) is 5.69 Å². The smallest absolute Gasteiger partial charge is 0.288 e. The van der Waals surface area contributed by atoms with Gasteiger partial charge in [0.05, 0.1) is 11.5 Å². The van der Waals surface area contributed by atoms with Crippen molar-refractivity contribution in [3.63, 3.8) is 0 Å². The normalized spacial score (nSPS) is 16.1. The predicted octanol–water partition coefficient (Wildman–Crippen LogP) is 2.34. The van der Waals surface area contributed by atoms with E-state index in [0.717, 1.165) is 39.1 Å². The van der Waals surface area contributed by atoms with Gasteiger partial charge in [-0.3, -0.25) is 14.9 Å². The summed E-state index contributed by atoms with van der Waals surface area (Å²) in [6, 6.07) is 4.09. The summed E-state index contributed by atoms with van der Waals surface area (Å²) < 4.78 is 5.08. The second kappa shape index (κ2) is 8.96. The van der Waals surface area contributed by atoms with Crippen LogP contribution in [0.25, 0.3) is 0 Å². The number of benzene rings is 1. The Labute approximate surface area is 146 Å². The third-order valence-electron chi connectivity index (χ3n) is 4.28. The summed E-state index contributed by atoms with van der Waals surface area (Å²) in [6.07, 6.45) is 2.04. The number of hydrogen-bond donors (Lipinski definition) is 1. The minimum Gasteiger partial charge on any atom is -0.383 e. The van der Waals surface area contributed by atoms with Crippen LogP contribution in [0.15, 0.2) is 18.2 Å². The summed E-state index contributed by atoms with van der Waals surface area (Å²) in [4.78, 5) is 24.8. The molecule has 24 heavy (non-hydrogen) atoms. The molecule has 1 heterocycles. The maximum absolute atomic E-state index is 12.2. The first kappa shape index (κ1) is 18.6. The number of amides is 1. The number of nitrogens with zero attached hydrogens (tertiary/aromatic N) is 2. The van der Waals surface area contributed by atoms with Crippen LogP contribution < -0.4 is 5.32 Å². The predicted molar refractivity (Wildman–Crippen MR) is 91.5 cm³/mol. The summed E-state index contributed by atoms with van der Waals surface area (Å²) in [7, 11) is 1.70. The van der Waals surface area contributed by atoms with Crippen molar-refractivity contribution in [3.8, 4) is 0 Å². The zero-order valence-electron chi connectivity index (χ0n) is 13.7. The molecule has 1 N–H and O–H groups in total. The molecular formula is C16H22ClN3O4. The van der Waals surface area contributed by atoms with Crippen molar-refractivity contribution in [2.24, 2.45) is 5.92 Å². The van der Waals surface area contributed by atoms with Crippen molar-refractivity contribution in [1.82, 2.24) is 10.2 Å².